The Balaban J connectivity index is 1.95. The van der Waals surface area contributed by atoms with E-state index in [1.165, 1.54) is 0 Å². The molecular formula is C28H29N3O2. The van der Waals surface area contributed by atoms with E-state index in [9.17, 15) is 9.59 Å². The maximum absolute atomic E-state index is 13.8. The quantitative estimate of drug-likeness (QED) is 0.379. The Kier molecular flexibility index (Phi) is 6.68. The highest BCUT2D eigenvalue weighted by Crippen LogP contribution is 2.26. The Morgan fingerprint density at radius 1 is 0.939 bits per heavy atom. The molecule has 0 fully saturated rings. The summed E-state index contributed by atoms with van der Waals surface area (Å²) in [5.41, 5.74) is 3.02. The topological polar surface area (TPSA) is 55.2 Å². The fourth-order valence-electron chi connectivity index (χ4n) is 4.29. The number of carbonyl (C=O) groups is 1. The van der Waals surface area contributed by atoms with Gasteiger partial charge in [0.25, 0.3) is 11.5 Å². The number of para-hydroxylation sites is 2. The van der Waals surface area contributed by atoms with Gasteiger partial charge in [0, 0.05) is 12.1 Å². The van der Waals surface area contributed by atoms with E-state index < -0.39 is 6.04 Å². The van der Waals surface area contributed by atoms with Crippen LogP contribution in [0.1, 0.15) is 55.0 Å². The van der Waals surface area contributed by atoms with Crippen molar-refractivity contribution in [2.75, 3.05) is 6.54 Å². The normalized spacial score (nSPS) is 12.0. The van der Waals surface area contributed by atoms with E-state index in [4.69, 9.17) is 4.98 Å². The maximum atomic E-state index is 13.8. The SMILES string of the molecule is CCCN(C(=O)c1ccccc1)C(C)c1nc2ccccc2c(=O)n1-c1ccccc1CC. The minimum Gasteiger partial charge on any atom is -0.329 e. The van der Waals surface area contributed by atoms with Gasteiger partial charge in [0.2, 0.25) is 0 Å². The molecule has 0 aliphatic carbocycles. The molecule has 1 amide bonds. The molecule has 1 atom stereocenters. The van der Waals surface area contributed by atoms with Crippen molar-refractivity contribution in [1.29, 1.82) is 0 Å². The third-order valence-corrected chi connectivity index (χ3v) is 6.00. The van der Waals surface area contributed by atoms with Gasteiger partial charge in [0.05, 0.1) is 22.6 Å². The average Bonchev–Trinajstić information content (AvgIpc) is 2.87. The number of nitrogens with zero attached hydrogens (tertiary/aromatic N) is 3. The molecule has 0 N–H and O–H groups in total. The second-order valence-electron chi connectivity index (χ2n) is 8.15. The van der Waals surface area contributed by atoms with Gasteiger partial charge in [-0.25, -0.2) is 4.98 Å². The number of aromatic nitrogens is 2. The van der Waals surface area contributed by atoms with Crippen LogP contribution in [-0.2, 0) is 6.42 Å². The lowest BCUT2D eigenvalue weighted by molar-refractivity contribution is 0.0681. The summed E-state index contributed by atoms with van der Waals surface area (Å²) < 4.78 is 1.70. The van der Waals surface area contributed by atoms with Gasteiger partial charge in [-0.3, -0.25) is 14.2 Å². The first-order valence-corrected chi connectivity index (χ1v) is 11.5. The lowest BCUT2D eigenvalue weighted by Gasteiger charge is -2.30. The Morgan fingerprint density at radius 3 is 2.33 bits per heavy atom. The Hall–Kier alpha value is -3.73. The summed E-state index contributed by atoms with van der Waals surface area (Å²) in [6, 6.07) is 24.2. The number of benzene rings is 3. The van der Waals surface area contributed by atoms with E-state index in [-0.39, 0.29) is 11.5 Å². The zero-order valence-electron chi connectivity index (χ0n) is 19.4. The number of amides is 1. The minimum absolute atomic E-state index is 0.0670. The van der Waals surface area contributed by atoms with E-state index in [1.54, 1.807) is 4.57 Å². The van der Waals surface area contributed by atoms with Crippen molar-refractivity contribution in [2.45, 2.75) is 39.7 Å². The van der Waals surface area contributed by atoms with Gasteiger partial charge in [-0.2, -0.15) is 0 Å². The molecule has 0 bridgehead atoms. The highest BCUT2D eigenvalue weighted by molar-refractivity contribution is 5.94. The molecule has 0 saturated carbocycles. The van der Waals surface area contributed by atoms with Crippen LogP contribution in [0, 0.1) is 0 Å². The molecule has 0 spiro atoms. The predicted octanol–water partition coefficient (Wildman–Crippen LogP) is 5.56. The summed E-state index contributed by atoms with van der Waals surface area (Å²) in [6.07, 6.45) is 1.58. The predicted molar refractivity (Wildman–Crippen MR) is 133 cm³/mol. The summed E-state index contributed by atoms with van der Waals surface area (Å²) in [5, 5.41) is 0.566. The first kappa shape index (κ1) is 22.5. The fraction of sp³-hybridized carbons (Fsp3) is 0.250. The van der Waals surface area contributed by atoms with Crippen LogP contribution in [0.5, 0.6) is 0 Å². The van der Waals surface area contributed by atoms with E-state index in [2.05, 4.69) is 6.92 Å². The Labute approximate surface area is 194 Å². The van der Waals surface area contributed by atoms with Gasteiger partial charge in [-0.05, 0) is 55.7 Å². The lowest BCUT2D eigenvalue weighted by atomic mass is 10.1. The molecule has 1 heterocycles. The molecule has 33 heavy (non-hydrogen) atoms. The second-order valence-corrected chi connectivity index (χ2v) is 8.15. The monoisotopic (exact) mass is 439 g/mol. The lowest BCUT2D eigenvalue weighted by Crippen LogP contribution is -2.38. The average molecular weight is 440 g/mol. The third-order valence-electron chi connectivity index (χ3n) is 6.00. The van der Waals surface area contributed by atoms with Crippen molar-refractivity contribution in [3.05, 3.63) is 106 Å². The van der Waals surface area contributed by atoms with Crippen LogP contribution in [0.2, 0.25) is 0 Å². The summed E-state index contributed by atoms with van der Waals surface area (Å²) in [5.74, 6) is 0.500. The summed E-state index contributed by atoms with van der Waals surface area (Å²) in [7, 11) is 0. The molecule has 1 unspecified atom stereocenters. The van der Waals surface area contributed by atoms with Crippen LogP contribution in [0.25, 0.3) is 16.6 Å². The summed E-state index contributed by atoms with van der Waals surface area (Å²) >= 11 is 0. The Morgan fingerprint density at radius 2 is 1.61 bits per heavy atom. The molecule has 4 rings (SSSR count). The highest BCUT2D eigenvalue weighted by atomic mass is 16.2. The van der Waals surface area contributed by atoms with Gasteiger partial charge in [-0.1, -0.05) is 62.4 Å². The van der Waals surface area contributed by atoms with Crippen LogP contribution < -0.4 is 5.56 Å². The standard InChI is InChI=1S/C28H29N3O2/c1-4-19-30(27(32)22-14-7-6-8-15-22)20(3)26-29-24-17-11-10-16-23(24)28(33)31(26)25-18-12-9-13-21(25)5-2/h6-18,20H,4-5,19H2,1-3H3. The number of aryl methyl sites for hydroxylation is 1. The van der Waals surface area contributed by atoms with Crippen LogP contribution in [-0.4, -0.2) is 26.9 Å². The van der Waals surface area contributed by atoms with Crippen molar-refractivity contribution < 1.29 is 4.79 Å². The van der Waals surface area contributed by atoms with Crippen molar-refractivity contribution in [3.8, 4) is 5.69 Å². The van der Waals surface area contributed by atoms with Crippen LogP contribution in [0.15, 0.2) is 83.7 Å². The molecule has 5 heteroatoms. The summed E-state index contributed by atoms with van der Waals surface area (Å²) in [4.78, 5) is 34.0. The van der Waals surface area contributed by atoms with Gasteiger partial charge in [-0.15, -0.1) is 0 Å². The van der Waals surface area contributed by atoms with Crippen molar-refractivity contribution in [1.82, 2.24) is 14.5 Å². The number of fused-ring (bicyclic) bond motifs is 1. The molecule has 4 aromatic rings. The molecule has 0 aliphatic heterocycles. The summed E-state index contributed by atoms with van der Waals surface area (Å²) in [6.45, 7) is 6.64. The second kappa shape index (κ2) is 9.82. The number of rotatable bonds is 7. The van der Waals surface area contributed by atoms with Crippen molar-refractivity contribution >= 4 is 16.8 Å². The van der Waals surface area contributed by atoms with Crippen LogP contribution in [0.4, 0.5) is 0 Å². The van der Waals surface area contributed by atoms with E-state index in [1.807, 2.05) is 97.6 Å². The molecule has 5 nitrogen and oxygen atoms in total. The van der Waals surface area contributed by atoms with Crippen LogP contribution in [0.3, 0.4) is 0 Å². The molecule has 168 valence electrons. The third kappa shape index (κ3) is 4.31. The maximum Gasteiger partial charge on any atom is 0.266 e. The van der Waals surface area contributed by atoms with Gasteiger partial charge >= 0.3 is 0 Å². The smallest absolute Gasteiger partial charge is 0.266 e. The van der Waals surface area contributed by atoms with Gasteiger partial charge in [0.15, 0.2) is 0 Å². The first-order chi connectivity index (χ1) is 16.1. The van der Waals surface area contributed by atoms with Crippen molar-refractivity contribution in [2.24, 2.45) is 0 Å². The van der Waals surface area contributed by atoms with Gasteiger partial charge in [0.1, 0.15) is 5.82 Å². The number of carbonyl (C=O) groups excluding carboxylic acids is 1. The first-order valence-electron chi connectivity index (χ1n) is 11.5. The molecular weight excluding hydrogens is 410 g/mol. The Bertz CT molecular complexity index is 1330. The molecule has 1 aromatic heterocycles. The van der Waals surface area contributed by atoms with Crippen molar-refractivity contribution in [3.63, 3.8) is 0 Å². The van der Waals surface area contributed by atoms with E-state index in [0.717, 1.165) is 24.1 Å². The van der Waals surface area contributed by atoms with Crippen LogP contribution >= 0.6 is 0 Å². The van der Waals surface area contributed by atoms with Gasteiger partial charge < -0.3 is 4.90 Å². The minimum atomic E-state index is -0.403. The molecule has 3 aromatic carbocycles. The zero-order chi connectivity index (χ0) is 23.4. The fourth-order valence-corrected chi connectivity index (χ4v) is 4.29. The molecule has 0 aliphatic rings. The molecule has 0 saturated heterocycles. The largest absolute Gasteiger partial charge is 0.329 e. The number of hydrogen-bond acceptors (Lipinski definition) is 3. The van der Waals surface area contributed by atoms with E-state index >= 15 is 0 Å². The zero-order valence-corrected chi connectivity index (χ0v) is 19.4. The van der Waals surface area contributed by atoms with E-state index in [0.29, 0.717) is 28.8 Å². The highest BCUT2D eigenvalue weighted by Gasteiger charge is 2.27. The molecule has 0 radical (unpaired) electrons. The number of hydrogen-bond donors (Lipinski definition) is 0.